The number of H-pyrrole nitrogens is 3. The summed E-state index contributed by atoms with van der Waals surface area (Å²) in [4.78, 5) is 32.6. The van der Waals surface area contributed by atoms with Crippen molar-refractivity contribution in [1.82, 2.24) is 25.3 Å². The van der Waals surface area contributed by atoms with Gasteiger partial charge in [-0.2, -0.15) is 0 Å². The molecule has 4 heterocycles. The van der Waals surface area contributed by atoms with E-state index in [1.165, 1.54) is 0 Å². The number of hydrogen-bond donors (Lipinski definition) is 6. The molecule has 9 nitrogen and oxygen atoms in total. The number of halogens is 1. The normalized spacial score (nSPS) is 20.7. The van der Waals surface area contributed by atoms with Crippen LogP contribution in [-0.2, 0) is 5.54 Å². The number of nitrogens with zero attached hydrogens (tertiary/aromatic N) is 2. The van der Waals surface area contributed by atoms with Crippen molar-refractivity contribution in [3.8, 4) is 28.3 Å². The molecule has 1 aliphatic heterocycles. The van der Waals surface area contributed by atoms with Gasteiger partial charge in [0, 0.05) is 50.2 Å². The molecule has 0 saturated carbocycles. The topological polar surface area (TPSA) is 148 Å². The number of benzene rings is 2. The number of nitrogens with one attached hydrogen (secondary N) is 4. The summed E-state index contributed by atoms with van der Waals surface area (Å²) in [6, 6.07) is 9.46. The van der Waals surface area contributed by atoms with Gasteiger partial charge in [-0.15, -0.1) is 0 Å². The van der Waals surface area contributed by atoms with E-state index < -0.39 is 5.54 Å². The van der Waals surface area contributed by atoms with Gasteiger partial charge in [0.05, 0.1) is 23.4 Å². The lowest BCUT2D eigenvalue weighted by atomic mass is 9.78. The number of fused-ring (bicyclic) bond motifs is 4. The third-order valence-corrected chi connectivity index (χ3v) is 7.90. The standard InChI is InChI=1S/C25H20BrN7O2/c1-10-12-4-5-17(34)21-18(12)15(8-29-21)19-22(25(10)9-30-24(27)33-25)31-20(23(35)32-19)14-7-28-16-6-11(26)2-3-13(14)16/h2-8,10,28-29,34H,9H2,1H3,(H,32,35)(H3,27,30,33)/t10-,25-/m0/s1. The highest BCUT2D eigenvalue weighted by molar-refractivity contribution is 9.10. The SMILES string of the molecule is C[C@H]1c2ccc(O)c3[nH]cc(c23)-c2[nH]c(=O)c(-c3c[nH]c4cc(Br)ccc34)nc2[C@]12CN=C(N)N2. The van der Waals surface area contributed by atoms with Gasteiger partial charge in [0.2, 0.25) is 0 Å². The van der Waals surface area contributed by atoms with Crippen molar-refractivity contribution in [2.75, 3.05) is 6.54 Å². The van der Waals surface area contributed by atoms with E-state index >= 15 is 0 Å². The zero-order chi connectivity index (χ0) is 24.1. The summed E-state index contributed by atoms with van der Waals surface area (Å²) in [5.74, 6) is 0.348. The molecule has 2 aromatic carbocycles. The van der Waals surface area contributed by atoms with Crippen molar-refractivity contribution in [2.45, 2.75) is 18.4 Å². The lowest BCUT2D eigenvalue weighted by Gasteiger charge is -2.35. The Morgan fingerprint density at radius 3 is 2.80 bits per heavy atom. The van der Waals surface area contributed by atoms with Gasteiger partial charge in [0.1, 0.15) is 17.0 Å². The molecule has 174 valence electrons. The molecule has 2 aliphatic rings. The first-order valence-electron chi connectivity index (χ1n) is 11.2. The molecule has 1 aliphatic carbocycles. The third kappa shape index (κ3) is 2.60. The largest absolute Gasteiger partial charge is 0.506 e. The first-order valence-corrected chi connectivity index (χ1v) is 12.0. The number of aromatic hydroxyl groups is 1. The summed E-state index contributed by atoms with van der Waals surface area (Å²) in [5.41, 5.74) is 10.6. The molecule has 0 fully saturated rings. The maximum Gasteiger partial charge on any atom is 0.275 e. The molecular weight excluding hydrogens is 510 g/mol. The van der Waals surface area contributed by atoms with Gasteiger partial charge < -0.3 is 31.1 Å². The van der Waals surface area contributed by atoms with Crippen molar-refractivity contribution in [3.63, 3.8) is 0 Å². The zero-order valence-electron chi connectivity index (χ0n) is 18.5. The van der Waals surface area contributed by atoms with E-state index in [0.717, 1.165) is 31.9 Å². The van der Waals surface area contributed by atoms with Crippen molar-refractivity contribution in [1.29, 1.82) is 0 Å². The van der Waals surface area contributed by atoms with E-state index in [-0.39, 0.29) is 17.2 Å². The Kier molecular flexibility index (Phi) is 3.93. The number of rotatable bonds is 1. The van der Waals surface area contributed by atoms with Crippen LogP contribution in [0.3, 0.4) is 0 Å². The minimum Gasteiger partial charge on any atom is -0.506 e. The van der Waals surface area contributed by atoms with Crippen LogP contribution in [0.4, 0.5) is 0 Å². The molecule has 0 radical (unpaired) electrons. The van der Waals surface area contributed by atoms with Crippen LogP contribution in [0.5, 0.6) is 5.75 Å². The first-order chi connectivity index (χ1) is 16.9. The van der Waals surface area contributed by atoms with Crippen molar-refractivity contribution in [3.05, 3.63) is 68.8 Å². The molecule has 5 aromatic rings. The van der Waals surface area contributed by atoms with Gasteiger partial charge in [0.25, 0.3) is 5.56 Å². The number of nitrogens with two attached hydrogens (primary N) is 1. The number of aromatic amines is 3. The van der Waals surface area contributed by atoms with E-state index in [0.29, 0.717) is 40.7 Å². The lowest BCUT2D eigenvalue weighted by Crippen LogP contribution is -2.50. The molecule has 7 rings (SSSR count). The summed E-state index contributed by atoms with van der Waals surface area (Å²) in [7, 11) is 0. The maximum atomic E-state index is 13.5. The van der Waals surface area contributed by atoms with Crippen LogP contribution < -0.4 is 16.6 Å². The minimum absolute atomic E-state index is 0.128. The van der Waals surface area contributed by atoms with Crippen LogP contribution in [0.15, 0.2) is 57.0 Å². The predicted octanol–water partition coefficient (Wildman–Crippen LogP) is 3.76. The summed E-state index contributed by atoms with van der Waals surface area (Å²) < 4.78 is 0.940. The molecular formula is C25H20BrN7O2. The quantitative estimate of drug-likeness (QED) is 0.195. The van der Waals surface area contributed by atoms with Crippen LogP contribution in [0.2, 0.25) is 0 Å². The highest BCUT2D eigenvalue weighted by atomic mass is 79.9. The van der Waals surface area contributed by atoms with Gasteiger partial charge in [-0.05, 0) is 23.8 Å². The summed E-state index contributed by atoms with van der Waals surface area (Å²) in [6.07, 6.45) is 3.61. The molecule has 10 heteroatoms. The Balaban J connectivity index is 1.57. The van der Waals surface area contributed by atoms with Crippen LogP contribution >= 0.6 is 15.9 Å². The molecule has 3 aromatic heterocycles. The number of phenols is 1. The molecule has 7 N–H and O–H groups in total. The van der Waals surface area contributed by atoms with Crippen LogP contribution in [0, 0.1) is 0 Å². The fourth-order valence-electron chi connectivity index (χ4n) is 5.63. The number of aromatic nitrogens is 4. The smallest absolute Gasteiger partial charge is 0.275 e. The highest BCUT2D eigenvalue weighted by Crippen LogP contribution is 2.50. The van der Waals surface area contributed by atoms with E-state index in [2.05, 4.69) is 48.1 Å². The van der Waals surface area contributed by atoms with Gasteiger partial charge in [0.15, 0.2) is 5.96 Å². The second kappa shape index (κ2) is 6.76. The maximum absolute atomic E-state index is 13.5. The molecule has 0 saturated heterocycles. The first kappa shape index (κ1) is 20.3. The fraction of sp³-hybridized carbons (Fsp3) is 0.160. The Labute approximate surface area is 206 Å². The summed E-state index contributed by atoms with van der Waals surface area (Å²) in [6.45, 7) is 2.46. The van der Waals surface area contributed by atoms with Gasteiger partial charge in [-0.25, -0.2) is 4.98 Å². The lowest BCUT2D eigenvalue weighted by molar-refractivity contribution is 0.353. The van der Waals surface area contributed by atoms with Gasteiger partial charge in [-0.1, -0.05) is 35.0 Å². The van der Waals surface area contributed by atoms with E-state index in [4.69, 9.17) is 10.7 Å². The Morgan fingerprint density at radius 2 is 2.00 bits per heavy atom. The Morgan fingerprint density at radius 1 is 1.17 bits per heavy atom. The number of aliphatic imine (C=N–C) groups is 1. The molecule has 0 bridgehead atoms. The van der Waals surface area contributed by atoms with Crippen molar-refractivity contribution >= 4 is 43.7 Å². The van der Waals surface area contributed by atoms with Gasteiger partial charge >= 0.3 is 0 Å². The summed E-state index contributed by atoms with van der Waals surface area (Å²) >= 11 is 3.50. The van der Waals surface area contributed by atoms with E-state index in [1.807, 2.05) is 30.5 Å². The van der Waals surface area contributed by atoms with Gasteiger partial charge in [-0.3, -0.25) is 9.79 Å². The van der Waals surface area contributed by atoms with Crippen LogP contribution in [-0.4, -0.2) is 37.5 Å². The fourth-order valence-corrected chi connectivity index (χ4v) is 5.99. The second-order valence-electron chi connectivity index (χ2n) is 9.18. The molecule has 35 heavy (non-hydrogen) atoms. The number of phenolic OH excluding ortho intramolecular Hbond substituents is 1. The number of hydrogen-bond acceptors (Lipinski definition) is 6. The predicted molar refractivity (Wildman–Crippen MR) is 139 cm³/mol. The number of guanidine groups is 1. The second-order valence-corrected chi connectivity index (χ2v) is 10.1. The monoisotopic (exact) mass is 529 g/mol. The van der Waals surface area contributed by atoms with Crippen molar-refractivity contribution < 1.29 is 5.11 Å². The average molecular weight is 530 g/mol. The van der Waals surface area contributed by atoms with E-state index in [9.17, 15) is 9.90 Å². The molecule has 1 spiro atoms. The Bertz CT molecular complexity index is 1800. The molecule has 0 unspecified atom stereocenters. The minimum atomic E-state index is -0.774. The Hall–Kier alpha value is -4.05. The molecule has 0 amide bonds. The third-order valence-electron chi connectivity index (χ3n) is 7.41. The highest BCUT2D eigenvalue weighted by Gasteiger charge is 2.48. The molecule has 2 atom stereocenters. The van der Waals surface area contributed by atoms with E-state index in [1.54, 1.807) is 12.3 Å². The zero-order valence-corrected chi connectivity index (χ0v) is 20.1. The van der Waals surface area contributed by atoms with Crippen LogP contribution in [0.25, 0.3) is 44.3 Å². The average Bonchev–Trinajstić information content (AvgIpc) is 3.55. The summed E-state index contributed by atoms with van der Waals surface area (Å²) in [5, 5.41) is 15.7. The van der Waals surface area contributed by atoms with Crippen LogP contribution in [0.1, 0.15) is 24.1 Å². The van der Waals surface area contributed by atoms with Crippen molar-refractivity contribution in [2.24, 2.45) is 10.7 Å².